The second kappa shape index (κ2) is 9.40. The summed E-state index contributed by atoms with van der Waals surface area (Å²) < 4.78 is 44.4. The minimum Gasteiger partial charge on any atom is -0.481 e. The molecule has 0 bridgehead atoms. The first kappa shape index (κ1) is 24.5. The van der Waals surface area contributed by atoms with Crippen LogP contribution in [0.1, 0.15) is 45.2 Å². The van der Waals surface area contributed by atoms with E-state index in [4.69, 9.17) is 16.3 Å². The molecule has 2 aromatic carbocycles. The van der Waals surface area contributed by atoms with Gasteiger partial charge in [-0.25, -0.2) is 12.8 Å². The highest BCUT2D eigenvalue weighted by atomic mass is 35.5. The van der Waals surface area contributed by atoms with E-state index in [2.05, 4.69) is 20.8 Å². The zero-order valence-corrected chi connectivity index (χ0v) is 20.3. The second-order valence-electron chi connectivity index (χ2n) is 9.26. The van der Waals surface area contributed by atoms with Crippen molar-refractivity contribution < 1.29 is 22.3 Å². The van der Waals surface area contributed by atoms with E-state index < -0.39 is 33.7 Å². The number of ether oxygens (including phenoxy) is 1. The van der Waals surface area contributed by atoms with E-state index in [-0.39, 0.29) is 34.1 Å². The minimum atomic E-state index is -3.25. The molecule has 2 atom stereocenters. The third kappa shape index (κ3) is 5.81. The molecule has 1 heterocycles. The SMILES string of the molecule is CC(Oc1ccc(C(C)(C)C)cc1)C(=O)N(Cc1c(F)cccc1Cl)C1CCS(=O)(=O)C1. The molecule has 0 spiro atoms. The van der Waals surface area contributed by atoms with Crippen LogP contribution in [0, 0.1) is 5.82 Å². The average molecular weight is 482 g/mol. The molecule has 32 heavy (non-hydrogen) atoms. The summed E-state index contributed by atoms with van der Waals surface area (Å²) in [6.07, 6.45) is -0.586. The molecule has 0 N–H and O–H groups in total. The normalized spacial score (nSPS) is 18.9. The largest absolute Gasteiger partial charge is 0.481 e. The van der Waals surface area contributed by atoms with Crippen molar-refractivity contribution in [1.82, 2.24) is 4.90 Å². The van der Waals surface area contributed by atoms with Crippen LogP contribution in [0.2, 0.25) is 5.02 Å². The number of amides is 1. The molecule has 1 aliphatic rings. The molecule has 0 aliphatic carbocycles. The van der Waals surface area contributed by atoms with Crippen LogP contribution in [0.25, 0.3) is 0 Å². The molecule has 8 heteroatoms. The molecule has 1 aliphatic heterocycles. The van der Waals surface area contributed by atoms with Gasteiger partial charge in [-0.1, -0.05) is 50.6 Å². The average Bonchev–Trinajstić information content (AvgIpc) is 3.06. The number of rotatable bonds is 6. The Labute approximate surface area is 194 Å². The van der Waals surface area contributed by atoms with Crippen molar-refractivity contribution in [2.75, 3.05) is 11.5 Å². The highest BCUT2D eigenvalue weighted by Gasteiger charge is 2.37. The maximum atomic E-state index is 14.4. The fourth-order valence-electron chi connectivity index (χ4n) is 3.78. The summed E-state index contributed by atoms with van der Waals surface area (Å²) >= 11 is 6.17. The number of carbonyl (C=O) groups is 1. The molecule has 0 saturated carbocycles. The topological polar surface area (TPSA) is 63.7 Å². The molecule has 3 rings (SSSR count). The Morgan fingerprint density at radius 1 is 1.22 bits per heavy atom. The van der Waals surface area contributed by atoms with Gasteiger partial charge in [-0.2, -0.15) is 0 Å². The summed E-state index contributed by atoms with van der Waals surface area (Å²) in [6, 6.07) is 11.3. The Hall–Kier alpha value is -2.12. The molecule has 0 aromatic heterocycles. The number of hydrogen-bond donors (Lipinski definition) is 0. The zero-order chi connectivity index (χ0) is 23.7. The van der Waals surface area contributed by atoms with Crippen LogP contribution in [0.3, 0.4) is 0 Å². The highest BCUT2D eigenvalue weighted by molar-refractivity contribution is 7.91. The second-order valence-corrected chi connectivity index (χ2v) is 11.9. The van der Waals surface area contributed by atoms with Crippen molar-refractivity contribution in [2.24, 2.45) is 0 Å². The summed E-state index contributed by atoms with van der Waals surface area (Å²) in [4.78, 5) is 14.7. The fourth-order valence-corrected chi connectivity index (χ4v) is 5.74. The Morgan fingerprint density at radius 3 is 2.41 bits per heavy atom. The van der Waals surface area contributed by atoms with E-state index in [0.717, 1.165) is 5.56 Å². The summed E-state index contributed by atoms with van der Waals surface area (Å²) in [5, 5.41) is 0.190. The third-order valence-electron chi connectivity index (χ3n) is 5.70. The van der Waals surface area contributed by atoms with Crippen molar-refractivity contribution in [3.63, 3.8) is 0 Å². The van der Waals surface area contributed by atoms with E-state index in [0.29, 0.717) is 12.2 Å². The lowest BCUT2D eigenvalue weighted by Gasteiger charge is -2.31. The Balaban J connectivity index is 1.82. The minimum absolute atomic E-state index is 0.00401. The van der Waals surface area contributed by atoms with Crippen LogP contribution in [0.15, 0.2) is 42.5 Å². The number of carbonyl (C=O) groups excluding carboxylic acids is 1. The number of benzene rings is 2. The summed E-state index contributed by atoms with van der Waals surface area (Å²) in [6.45, 7) is 7.81. The monoisotopic (exact) mass is 481 g/mol. The van der Waals surface area contributed by atoms with Gasteiger partial charge in [0.1, 0.15) is 11.6 Å². The standard InChI is InChI=1S/C24H29ClFNO4S/c1-16(31-19-10-8-17(9-11-19)24(2,3)4)23(28)27(18-12-13-32(29,30)15-18)14-20-21(25)6-5-7-22(20)26/h5-11,16,18H,12-15H2,1-4H3. The van der Waals surface area contributed by atoms with Gasteiger partial charge in [-0.3, -0.25) is 4.79 Å². The van der Waals surface area contributed by atoms with Crippen molar-refractivity contribution in [1.29, 1.82) is 0 Å². The van der Waals surface area contributed by atoms with Crippen LogP contribution >= 0.6 is 11.6 Å². The van der Waals surface area contributed by atoms with Crippen molar-refractivity contribution in [3.8, 4) is 5.75 Å². The van der Waals surface area contributed by atoms with Gasteiger partial charge >= 0.3 is 0 Å². The van der Waals surface area contributed by atoms with Crippen molar-refractivity contribution in [3.05, 3.63) is 64.4 Å². The van der Waals surface area contributed by atoms with Gasteiger partial charge < -0.3 is 9.64 Å². The maximum absolute atomic E-state index is 14.4. The first-order chi connectivity index (χ1) is 14.9. The predicted octanol–water partition coefficient (Wildman–Crippen LogP) is 4.76. The molecular formula is C24H29ClFNO4S. The number of nitrogens with zero attached hydrogens (tertiary/aromatic N) is 1. The summed E-state index contributed by atoms with van der Waals surface area (Å²) in [7, 11) is -3.25. The highest BCUT2D eigenvalue weighted by Crippen LogP contribution is 2.28. The maximum Gasteiger partial charge on any atom is 0.263 e. The Morgan fingerprint density at radius 2 is 1.88 bits per heavy atom. The van der Waals surface area contributed by atoms with E-state index in [9.17, 15) is 17.6 Å². The molecule has 1 fully saturated rings. The van der Waals surface area contributed by atoms with Gasteiger partial charge in [-0.15, -0.1) is 0 Å². The lowest BCUT2D eigenvalue weighted by molar-refractivity contribution is -0.140. The first-order valence-electron chi connectivity index (χ1n) is 10.6. The number of halogens is 2. The van der Waals surface area contributed by atoms with Crippen LogP contribution in [-0.2, 0) is 26.6 Å². The van der Waals surface area contributed by atoms with Gasteiger partial charge in [0.05, 0.1) is 18.1 Å². The smallest absolute Gasteiger partial charge is 0.263 e. The summed E-state index contributed by atoms with van der Waals surface area (Å²) in [5.41, 5.74) is 1.29. The van der Waals surface area contributed by atoms with E-state index in [1.54, 1.807) is 13.0 Å². The lowest BCUT2D eigenvalue weighted by atomic mass is 9.87. The lowest BCUT2D eigenvalue weighted by Crippen LogP contribution is -2.46. The number of sulfone groups is 1. The van der Waals surface area contributed by atoms with Gasteiger partial charge in [-0.05, 0) is 48.6 Å². The Kier molecular flexibility index (Phi) is 7.20. The number of hydrogen-bond acceptors (Lipinski definition) is 4. The Bertz CT molecular complexity index is 1060. The van der Waals surface area contributed by atoms with Crippen LogP contribution in [0.5, 0.6) is 5.75 Å². The fraction of sp³-hybridized carbons (Fsp3) is 0.458. The van der Waals surface area contributed by atoms with E-state index >= 15 is 0 Å². The molecule has 1 amide bonds. The van der Waals surface area contributed by atoms with Gasteiger partial charge in [0.2, 0.25) is 0 Å². The molecule has 5 nitrogen and oxygen atoms in total. The van der Waals surface area contributed by atoms with Crippen LogP contribution in [0.4, 0.5) is 4.39 Å². The predicted molar refractivity (Wildman–Crippen MR) is 124 cm³/mol. The molecule has 1 saturated heterocycles. The zero-order valence-electron chi connectivity index (χ0n) is 18.8. The third-order valence-corrected chi connectivity index (χ3v) is 7.81. The van der Waals surface area contributed by atoms with Gasteiger partial charge in [0.15, 0.2) is 15.9 Å². The first-order valence-corrected chi connectivity index (χ1v) is 12.8. The molecule has 0 radical (unpaired) electrons. The van der Waals surface area contributed by atoms with E-state index in [1.165, 1.54) is 17.0 Å². The van der Waals surface area contributed by atoms with E-state index in [1.807, 2.05) is 24.3 Å². The van der Waals surface area contributed by atoms with Gasteiger partial charge in [0, 0.05) is 16.6 Å². The van der Waals surface area contributed by atoms with Gasteiger partial charge in [0.25, 0.3) is 5.91 Å². The molecule has 2 unspecified atom stereocenters. The van der Waals surface area contributed by atoms with Crippen molar-refractivity contribution >= 4 is 27.3 Å². The van der Waals surface area contributed by atoms with Crippen LogP contribution in [-0.4, -0.2) is 42.9 Å². The van der Waals surface area contributed by atoms with Crippen LogP contribution < -0.4 is 4.74 Å². The molecule has 174 valence electrons. The summed E-state index contributed by atoms with van der Waals surface area (Å²) in [5.74, 6) is -0.580. The quantitative estimate of drug-likeness (QED) is 0.596. The van der Waals surface area contributed by atoms with Crippen molar-refractivity contribution in [2.45, 2.75) is 58.2 Å². The molecule has 2 aromatic rings. The molecular weight excluding hydrogens is 453 g/mol.